The summed E-state index contributed by atoms with van der Waals surface area (Å²) in [7, 11) is -2.62. The molecule has 0 radical (unpaired) electrons. The molecule has 124 valence electrons. The lowest BCUT2D eigenvalue weighted by Crippen LogP contribution is -2.37. The van der Waals surface area contributed by atoms with Gasteiger partial charge in [0, 0.05) is 12.7 Å². The lowest BCUT2D eigenvalue weighted by molar-refractivity contribution is -0.148. The maximum Gasteiger partial charge on any atom is 0.334 e. The highest BCUT2D eigenvalue weighted by Crippen LogP contribution is 2.11. The normalized spacial score (nSPS) is 12.2. The van der Waals surface area contributed by atoms with E-state index in [1.807, 2.05) is 0 Å². The van der Waals surface area contributed by atoms with Crippen molar-refractivity contribution in [3.63, 3.8) is 0 Å². The third-order valence-corrected chi connectivity index (χ3v) is 4.18. The van der Waals surface area contributed by atoms with Crippen LogP contribution < -0.4 is 10.0 Å². The van der Waals surface area contributed by atoms with Crippen molar-refractivity contribution in [1.82, 2.24) is 10.0 Å². The van der Waals surface area contributed by atoms with Crippen LogP contribution >= 0.6 is 0 Å². The highest BCUT2D eigenvalue weighted by Gasteiger charge is 2.19. The summed E-state index contributed by atoms with van der Waals surface area (Å²) in [5, 5.41) is 11.2. The van der Waals surface area contributed by atoms with Gasteiger partial charge in [0.1, 0.15) is 0 Å². The molecule has 0 bridgehead atoms. The Morgan fingerprint density at radius 2 is 2.13 bits per heavy atom. The van der Waals surface area contributed by atoms with Gasteiger partial charge in [-0.25, -0.2) is 13.2 Å². The predicted molar refractivity (Wildman–Crippen MR) is 81.2 cm³/mol. The molecule has 0 fully saturated rings. The number of amides is 1. The average molecular weight is 340 g/mol. The van der Waals surface area contributed by atoms with E-state index in [1.54, 1.807) is 0 Å². The Hall–Kier alpha value is -2.41. The van der Waals surface area contributed by atoms with Gasteiger partial charge in [0.15, 0.2) is 6.10 Å². The molecule has 0 saturated carbocycles. The van der Waals surface area contributed by atoms with Crippen LogP contribution in [0.2, 0.25) is 0 Å². The van der Waals surface area contributed by atoms with Crippen molar-refractivity contribution < 1.29 is 27.9 Å². The summed E-state index contributed by atoms with van der Waals surface area (Å²) in [6.07, 6.45) is 3.80. The fourth-order valence-electron chi connectivity index (χ4n) is 1.58. The van der Waals surface area contributed by atoms with Crippen LogP contribution in [0.4, 0.5) is 0 Å². The van der Waals surface area contributed by atoms with Gasteiger partial charge in [-0.1, -0.05) is 12.0 Å². The van der Waals surface area contributed by atoms with Crippen LogP contribution in [-0.2, 0) is 19.6 Å². The first-order valence-electron chi connectivity index (χ1n) is 6.39. The molecule has 1 rings (SSSR count). The number of methoxy groups -OCH3 is 1. The van der Waals surface area contributed by atoms with Gasteiger partial charge in [-0.3, -0.25) is 4.79 Å². The Bertz CT molecular complexity index is 723. The van der Waals surface area contributed by atoms with E-state index >= 15 is 0 Å². The van der Waals surface area contributed by atoms with Gasteiger partial charge >= 0.3 is 5.97 Å². The lowest BCUT2D eigenvalue weighted by atomic mass is 10.2. The number of sulfonamides is 1. The molecule has 3 N–H and O–H groups in total. The van der Waals surface area contributed by atoms with E-state index < -0.39 is 28.0 Å². The molecule has 1 aromatic rings. The highest BCUT2D eigenvalue weighted by molar-refractivity contribution is 7.89. The Kier molecular flexibility index (Phi) is 6.71. The number of benzene rings is 1. The molecule has 0 aliphatic rings. The molecule has 1 aromatic carbocycles. The standard InChI is InChI=1S/C14H16N2O6S/c1-3-7-16-23(20,21)11-6-4-5-10(8-11)13(17)15-9-12(22-2)14(18)19/h1,4-6,8,12,16H,7,9H2,2H3,(H,15,17)(H,18,19). The van der Waals surface area contributed by atoms with Crippen LogP contribution in [-0.4, -0.2) is 51.7 Å². The van der Waals surface area contributed by atoms with Gasteiger partial charge in [-0.15, -0.1) is 6.42 Å². The van der Waals surface area contributed by atoms with E-state index in [-0.39, 0.29) is 23.5 Å². The fraction of sp³-hybridized carbons (Fsp3) is 0.286. The van der Waals surface area contributed by atoms with E-state index in [0.29, 0.717) is 0 Å². The van der Waals surface area contributed by atoms with E-state index in [9.17, 15) is 18.0 Å². The number of carbonyl (C=O) groups excluding carboxylic acids is 1. The Morgan fingerprint density at radius 1 is 1.43 bits per heavy atom. The van der Waals surface area contributed by atoms with Crippen molar-refractivity contribution in [1.29, 1.82) is 0 Å². The van der Waals surface area contributed by atoms with Crippen LogP contribution in [0.3, 0.4) is 0 Å². The molecule has 23 heavy (non-hydrogen) atoms. The maximum absolute atomic E-state index is 12.0. The second-order valence-corrected chi connectivity index (χ2v) is 6.10. The number of terminal acetylenes is 1. The Labute approximate surface area is 133 Å². The fourth-order valence-corrected chi connectivity index (χ4v) is 2.56. The topological polar surface area (TPSA) is 122 Å². The maximum atomic E-state index is 12.0. The predicted octanol–water partition coefficient (Wildman–Crippen LogP) is -0.572. The molecule has 0 saturated heterocycles. The molecule has 8 nitrogen and oxygen atoms in total. The van der Waals surface area contributed by atoms with Crippen molar-refractivity contribution >= 4 is 21.9 Å². The molecule has 0 aliphatic heterocycles. The van der Waals surface area contributed by atoms with Gasteiger partial charge < -0.3 is 15.2 Å². The minimum Gasteiger partial charge on any atom is -0.479 e. The summed E-state index contributed by atoms with van der Waals surface area (Å²) in [5.74, 6) is 0.299. The second-order valence-electron chi connectivity index (χ2n) is 4.33. The number of rotatable bonds is 8. The zero-order valence-electron chi connectivity index (χ0n) is 12.3. The van der Waals surface area contributed by atoms with Gasteiger partial charge in [-0.2, -0.15) is 4.72 Å². The van der Waals surface area contributed by atoms with Crippen molar-refractivity contribution in [2.45, 2.75) is 11.0 Å². The van der Waals surface area contributed by atoms with Crippen LogP contribution in [0.1, 0.15) is 10.4 Å². The molecule has 1 atom stereocenters. The van der Waals surface area contributed by atoms with Crippen molar-refractivity contribution in [3.05, 3.63) is 29.8 Å². The molecule has 9 heteroatoms. The van der Waals surface area contributed by atoms with Gasteiger partial charge in [0.2, 0.25) is 10.0 Å². The van der Waals surface area contributed by atoms with E-state index in [1.165, 1.54) is 25.3 Å². The van der Waals surface area contributed by atoms with Crippen LogP contribution in [0.5, 0.6) is 0 Å². The lowest BCUT2D eigenvalue weighted by Gasteiger charge is -2.12. The number of carboxylic acid groups (broad SMARTS) is 1. The first-order chi connectivity index (χ1) is 10.8. The average Bonchev–Trinajstić information content (AvgIpc) is 2.53. The number of aliphatic carboxylic acids is 1. The first-order valence-corrected chi connectivity index (χ1v) is 7.87. The molecule has 1 amide bonds. The molecule has 0 aromatic heterocycles. The number of hydrogen-bond donors (Lipinski definition) is 3. The SMILES string of the molecule is C#CCNS(=O)(=O)c1cccc(C(=O)NCC(OC)C(=O)O)c1. The Balaban J connectivity index is 2.86. The number of carbonyl (C=O) groups is 2. The van der Waals surface area contributed by atoms with Crippen LogP contribution in [0.15, 0.2) is 29.2 Å². The Morgan fingerprint density at radius 3 is 2.70 bits per heavy atom. The minimum atomic E-state index is -3.82. The largest absolute Gasteiger partial charge is 0.479 e. The van der Waals surface area contributed by atoms with E-state index in [2.05, 4.69) is 20.7 Å². The second kappa shape index (κ2) is 8.28. The zero-order valence-corrected chi connectivity index (χ0v) is 13.1. The van der Waals surface area contributed by atoms with Gasteiger partial charge in [0.05, 0.1) is 18.0 Å². The molecular formula is C14H16N2O6S. The summed E-state index contributed by atoms with van der Waals surface area (Å²) in [4.78, 5) is 22.6. The summed E-state index contributed by atoms with van der Waals surface area (Å²) < 4.78 is 30.7. The third-order valence-electron chi connectivity index (χ3n) is 2.78. The van der Waals surface area contributed by atoms with E-state index in [4.69, 9.17) is 11.5 Å². The number of hydrogen-bond acceptors (Lipinski definition) is 5. The summed E-state index contributed by atoms with van der Waals surface area (Å²) in [5.41, 5.74) is 0.0637. The number of nitrogens with one attached hydrogen (secondary N) is 2. The van der Waals surface area contributed by atoms with Crippen molar-refractivity contribution in [2.75, 3.05) is 20.2 Å². The quantitative estimate of drug-likeness (QED) is 0.545. The third kappa shape index (κ3) is 5.37. The van der Waals surface area contributed by atoms with Gasteiger partial charge in [0.25, 0.3) is 5.91 Å². The molecule has 0 heterocycles. The minimum absolute atomic E-state index is 0.0637. The molecule has 0 spiro atoms. The highest BCUT2D eigenvalue weighted by atomic mass is 32.2. The summed E-state index contributed by atoms with van der Waals surface area (Å²) in [6.45, 7) is -0.427. The zero-order chi connectivity index (χ0) is 17.5. The van der Waals surface area contributed by atoms with Crippen LogP contribution in [0.25, 0.3) is 0 Å². The molecule has 0 aliphatic carbocycles. The van der Waals surface area contributed by atoms with Crippen molar-refractivity contribution in [3.8, 4) is 12.3 Å². The molecule has 1 unspecified atom stereocenters. The summed E-state index contributed by atoms with van der Waals surface area (Å²) >= 11 is 0. The summed E-state index contributed by atoms with van der Waals surface area (Å²) in [6, 6.07) is 5.27. The monoisotopic (exact) mass is 340 g/mol. The van der Waals surface area contributed by atoms with Crippen LogP contribution in [0, 0.1) is 12.3 Å². The first kappa shape index (κ1) is 18.6. The molecular weight excluding hydrogens is 324 g/mol. The number of ether oxygens (including phenoxy) is 1. The number of carboxylic acids is 1. The van der Waals surface area contributed by atoms with Gasteiger partial charge in [-0.05, 0) is 18.2 Å². The van der Waals surface area contributed by atoms with Crippen molar-refractivity contribution in [2.24, 2.45) is 0 Å². The smallest absolute Gasteiger partial charge is 0.334 e. The van der Waals surface area contributed by atoms with E-state index in [0.717, 1.165) is 6.07 Å².